The highest BCUT2D eigenvalue weighted by Crippen LogP contribution is 2.29. The van der Waals surface area contributed by atoms with E-state index in [2.05, 4.69) is 10.3 Å². The molecular formula is C28H26N2O4. The minimum atomic E-state index is -0.501. The average Bonchev–Trinajstić information content (AvgIpc) is 2.90. The molecule has 3 aromatic carbocycles. The molecule has 0 atom stereocenters. The maximum Gasteiger partial charge on any atom is 0.356 e. The first-order chi connectivity index (χ1) is 16.7. The number of rotatable bonds is 9. The third-order valence-corrected chi connectivity index (χ3v) is 5.46. The molecule has 4 aromatic rings. The van der Waals surface area contributed by atoms with Gasteiger partial charge in [-0.3, -0.25) is 4.79 Å². The van der Waals surface area contributed by atoms with Gasteiger partial charge >= 0.3 is 5.97 Å². The normalized spacial score (nSPS) is 10.6. The molecule has 0 fully saturated rings. The number of esters is 1. The van der Waals surface area contributed by atoms with Crippen molar-refractivity contribution >= 4 is 22.8 Å². The molecule has 0 aliphatic rings. The summed E-state index contributed by atoms with van der Waals surface area (Å²) in [5, 5.41) is 3.85. The van der Waals surface area contributed by atoms with Crippen molar-refractivity contribution in [3.63, 3.8) is 0 Å². The quantitative estimate of drug-likeness (QED) is 0.286. The van der Waals surface area contributed by atoms with Gasteiger partial charge in [-0.2, -0.15) is 0 Å². The van der Waals surface area contributed by atoms with Gasteiger partial charge in [-0.05, 0) is 48.2 Å². The second kappa shape index (κ2) is 11.1. The van der Waals surface area contributed by atoms with E-state index in [1.807, 2.05) is 66.7 Å². The lowest BCUT2D eigenvalue weighted by Gasteiger charge is -2.13. The average molecular weight is 455 g/mol. The minimum absolute atomic E-state index is 0.105. The first-order valence-corrected chi connectivity index (χ1v) is 11.2. The number of nitrogens with one attached hydrogen (secondary N) is 1. The summed E-state index contributed by atoms with van der Waals surface area (Å²) in [7, 11) is 1.34. The van der Waals surface area contributed by atoms with Crippen LogP contribution in [-0.2, 0) is 17.8 Å². The fraction of sp³-hybridized carbons (Fsp3) is 0.179. The first kappa shape index (κ1) is 23.0. The molecule has 0 radical (unpaired) electrons. The van der Waals surface area contributed by atoms with Crippen LogP contribution in [0.3, 0.4) is 0 Å². The number of benzene rings is 3. The van der Waals surface area contributed by atoms with Crippen molar-refractivity contribution in [3.05, 3.63) is 107 Å². The molecule has 0 spiro atoms. The van der Waals surface area contributed by atoms with Crippen LogP contribution in [0.5, 0.6) is 5.75 Å². The number of methoxy groups -OCH3 is 1. The second-order valence-corrected chi connectivity index (χ2v) is 7.81. The molecule has 1 amide bonds. The fourth-order valence-electron chi connectivity index (χ4n) is 3.73. The first-order valence-electron chi connectivity index (χ1n) is 11.2. The lowest BCUT2D eigenvalue weighted by atomic mass is 10.0. The predicted molar refractivity (Wildman–Crippen MR) is 131 cm³/mol. The summed E-state index contributed by atoms with van der Waals surface area (Å²) < 4.78 is 11.0. The maximum atomic E-state index is 12.3. The molecule has 0 saturated carbocycles. The van der Waals surface area contributed by atoms with Crippen molar-refractivity contribution in [1.82, 2.24) is 10.3 Å². The standard InChI is InChI=1S/C28H26N2O4/c1-33-28(32)24-18-22(14-9-17-29-27(31)21-12-6-3-7-13-21)23-15-8-16-25(26(23)30-24)34-19-20-10-4-2-5-11-20/h2-8,10-13,15-16,18H,9,14,17,19H2,1H3,(H,29,31). The van der Waals surface area contributed by atoms with Crippen LogP contribution in [0.25, 0.3) is 10.9 Å². The van der Waals surface area contributed by atoms with Crippen molar-refractivity contribution in [1.29, 1.82) is 0 Å². The molecule has 0 aliphatic carbocycles. The van der Waals surface area contributed by atoms with Crippen LogP contribution in [0.4, 0.5) is 0 Å². The van der Waals surface area contributed by atoms with Crippen LogP contribution < -0.4 is 10.1 Å². The van der Waals surface area contributed by atoms with Gasteiger partial charge in [0.15, 0.2) is 0 Å². The molecule has 1 N–H and O–H groups in total. The highest BCUT2D eigenvalue weighted by atomic mass is 16.5. The van der Waals surface area contributed by atoms with Crippen LogP contribution in [0, 0.1) is 0 Å². The molecule has 1 aromatic heterocycles. The van der Waals surface area contributed by atoms with Gasteiger partial charge < -0.3 is 14.8 Å². The molecule has 0 unspecified atom stereocenters. The van der Waals surface area contributed by atoms with Crippen LogP contribution in [-0.4, -0.2) is 30.5 Å². The number of hydrogen-bond acceptors (Lipinski definition) is 5. The van der Waals surface area contributed by atoms with Gasteiger partial charge in [-0.25, -0.2) is 9.78 Å². The summed E-state index contributed by atoms with van der Waals surface area (Å²) in [4.78, 5) is 29.1. The molecule has 4 rings (SSSR count). The highest BCUT2D eigenvalue weighted by molar-refractivity contribution is 5.95. The van der Waals surface area contributed by atoms with E-state index < -0.39 is 5.97 Å². The third kappa shape index (κ3) is 5.59. The number of carbonyl (C=O) groups excluding carboxylic acids is 2. The molecule has 0 aliphatic heterocycles. The number of aryl methyl sites for hydroxylation is 1. The Morgan fingerprint density at radius 3 is 2.38 bits per heavy atom. The van der Waals surface area contributed by atoms with E-state index in [4.69, 9.17) is 9.47 Å². The number of pyridine rings is 1. The number of ether oxygens (including phenoxy) is 2. The summed E-state index contributed by atoms with van der Waals surface area (Å²) in [6.45, 7) is 0.903. The monoisotopic (exact) mass is 454 g/mol. The zero-order valence-electron chi connectivity index (χ0n) is 19.0. The van der Waals surface area contributed by atoms with Gasteiger partial charge in [0.05, 0.1) is 7.11 Å². The van der Waals surface area contributed by atoms with E-state index in [-0.39, 0.29) is 11.6 Å². The van der Waals surface area contributed by atoms with Crippen molar-refractivity contribution in [2.24, 2.45) is 0 Å². The van der Waals surface area contributed by atoms with Gasteiger partial charge in [0, 0.05) is 17.5 Å². The molecule has 0 saturated heterocycles. The Morgan fingerprint density at radius 1 is 0.912 bits per heavy atom. The Bertz CT molecular complexity index is 1270. The van der Waals surface area contributed by atoms with E-state index in [0.29, 0.717) is 42.8 Å². The predicted octanol–water partition coefficient (Wildman–Crippen LogP) is 4.96. The highest BCUT2D eigenvalue weighted by Gasteiger charge is 2.15. The number of nitrogens with zero attached hydrogens (tertiary/aromatic N) is 1. The van der Waals surface area contributed by atoms with E-state index in [0.717, 1.165) is 16.5 Å². The third-order valence-electron chi connectivity index (χ3n) is 5.46. The number of hydrogen-bond donors (Lipinski definition) is 1. The molecule has 6 nitrogen and oxygen atoms in total. The van der Waals surface area contributed by atoms with Gasteiger partial charge in [-0.15, -0.1) is 0 Å². The van der Waals surface area contributed by atoms with Crippen LogP contribution >= 0.6 is 0 Å². The van der Waals surface area contributed by atoms with Crippen LogP contribution in [0.2, 0.25) is 0 Å². The van der Waals surface area contributed by atoms with Gasteiger partial charge in [-0.1, -0.05) is 60.7 Å². The lowest BCUT2D eigenvalue weighted by Crippen LogP contribution is -2.24. The smallest absolute Gasteiger partial charge is 0.356 e. The van der Waals surface area contributed by atoms with Gasteiger partial charge in [0.1, 0.15) is 23.6 Å². The lowest BCUT2D eigenvalue weighted by molar-refractivity contribution is 0.0594. The number of fused-ring (bicyclic) bond motifs is 1. The number of aromatic nitrogens is 1. The molecule has 172 valence electrons. The van der Waals surface area contributed by atoms with Gasteiger partial charge in [0.25, 0.3) is 5.91 Å². The van der Waals surface area contributed by atoms with E-state index in [1.165, 1.54) is 7.11 Å². The fourth-order valence-corrected chi connectivity index (χ4v) is 3.73. The number of amides is 1. The molecule has 6 heteroatoms. The van der Waals surface area contributed by atoms with Crippen molar-refractivity contribution < 1.29 is 19.1 Å². The number of carbonyl (C=O) groups is 2. The second-order valence-electron chi connectivity index (χ2n) is 7.81. The zero-order chi connectivity index (χ0) is 23.8. The Balaban J connectivity index is 1.53. The summed E-state index contributed by atoms with van der Waals surface area (Å²) in [6.07, 6.45) is 1.35. The van der Waals surface area contributed by atoms with Crippen LogP contribution in [0.1, 0.15) is 38.4 Å². The van der Waals surface area contributed by atoms with E-state index in [1.54, 1.807) is 18.2 Å². The zero-order valence-corrected chi connectivity index (χ0v) is 19.0. The maximum absolute atomic E-state index is 12.3. The number of para-hydroxylation sites is 1. The molecule has 0 bridgehead atoms. The summed E-state index contributed by atoms with van der Waals surface area (Å²) in [6, 6.07) is 26.5. The van der Waals surface area contributed by atoms with Crippen LogP contribution in [0.15, 0.2) is 84.9 Å². The minimum Gasteiger partial charge on any atom is -0.487 e. The molecular weight excluding hydrogens is 428 g/mol. The molecule has 34 heavy (non-hydrogen) atoms. The topological polar surface area (TPSA) is 77.5 Å². The Labute approximate surface area is 198 Å². The Hall–Kier alpha value is -4.19. The summed E-state index contributed by atoms with van der Waals surface area (Å²) in [5.41, 5.74) is 3.46. The van der Waals surface area contributed by atoms with E-state index >= 15 is 0 Å². The summed E-state index contributed by atoms with van der Waals surface area (Å²) >= 11 is 0. The SMILES string of the molecule is COC(=O)c1cc(CCCNC(=O)c2ccccc2)c2cccc(OCc3ccccc3)c2n1. The van der Waals surface area contributed by atoms with Crippen molar-refractivity contribution in [2.45, 2.75) is 19.4 Å². The van der Waals surface area contributed by atoms with Gasteiger partial charge in [0.2, 0.25) is 0 Å². The molecule has 1 heterocycles. The van der Waals surface area contributed by atoms with Crippen molar-refractivity contribution in [2.75, 3.05) is 13.7 Å². The summed E-state index contributed by atoms with van der Waals surface area (Å²) in [5.74, 6) is -0.00355. The van der Waals surface area contributed by atoms with Crippen molar-refractivity contribution in [3.8, 4) is 5.75 Å². The van der Waals surface area contributed by atoms with E-state index in [9.17, 15) is 9.59 Å². The largest absolute Gasteiger partial charge is 0.487 e. The Morgan fingerprint density at radius 2 is 1.65 bits per heavy atom. The Kier molecular flexibility index (Phi) is 7.50.